The van der Waals surface area contributed by atoms with Gasteiger partial charge >= 0.3 is 0 Å². The van der Waals surface area contributed by atoms with Crippen LogP contribution in [0.5, 0.6) is 0 Å². The molecule has 0 aliphatic heterocycles. The highest BCUT2D eigenvalue weighted by Crippen LogP contribution is 2.33. The zero-order chi connectivity index (χ0) is 10.7. The normalized spacial score (nSPS) is 10.3. The molecule has 76 valence electrons. The molecular weight excluding hydrogens is 292 g/mol. The van der Waals surface area contributed by atoms with Crippen molar-refractivity contribution in [2.45, 2.75) is 9.79 Å². The molecule has 0 spiro atoms. The first-order valence-electron chi connectivity index (χ1n) is 4.43. The number of hydrogen-bond donors (Lipinski definition) is 0. The first kappa shape index (κ1) is 11.1. The second-order valence-electron chi connectivity index (χ2n) is 2.99. The second kappa shape index (κ2) is 5.06. The van der Waals surface area contributed by atoms with Crippen LogP contribution < -0.4 is 0 Å². The Kier molecular flexibility index (Phi) is 3.73. The van der Waals surface area contributed by atoms with E-state index in [4.69, 9.17) is 11.6 Å². The minimum absolute atomic E-state index is 0.797. The van der Waals surface area contributed by atoms with Gasteiger partial charge in [-0.05, 0) is 36.4 Å². The van der Waals surface area contributed by atoms with Crippen LogP contribution in [-0.2, 0) is 0 Å². The van der Waals surface area contributed by atoms with Gasteiger partial charge in [0, 0.05) is 14.3 Å². The Morgan fingerprint density at radius 1 is 0.933 bits per heavy atom. The molecule has 0 atom stereocenters. The monoisotopic (exact) mass is 298 g/mol. The highest BCUT2D eigenvalue weighted by atomic mass is 79.9. The smallest absolute Gasteiger partial charge is 0.0545 e. The van der Waals surface area contributed by atoms with Gasteiger partial charge in [0.2, 0.25) is 0 Å². The molecule has 0 radical (unpaired) electrons. The van der Waals surface area contributed by atoms with E-state index in [1.54, 1.807) is 11.8 Å². The molecule has 2 rings (SSSR count). The molecule has 3 heteroatoms. The van der Waals surface area contributed by atoms with E-state index in [1.807, 2.05) is 36.4 Å². The number of benzene rings is 2. The van der Waals surface area contributed by atoms with Crippen LogP contribution in [0.15, 0.2) is 62.8 Å². The Morgan fingerprint density at radius 2 is 1.60 bits per heavy atom. The summed E-state index contributed by atoms with van der Waals surface area (Å²) in [6, 6.07) is 16.0. The second-order valence-corrected chi connectivity index (χ2v) is 5.42. The van der Waals surface area contributed by atoms with Crippen LogP contribution in [0.2, 0.25) is 5.02 Å². The summed E-state index contributed by atoms with van der Waals surface area (Å²) in [5, 5.41) is 0.797. The molecule has 0 fully saturated rings. The van der Waals surface area contributed by atoms with Crippen LogP contribution in [0.25, 0.3) is 0 Å². The molecule has 2 aromatic rings. The summed E-state index contributed by atoms with van der Waals surface area (Å²) < 4.78 is 1.09. The molecule has 15 heavy (non-hydrogen) atoms. The van der Waals surface area contributed by atoms with Crippen LogP contribution >= 0.6 is 39.3 Å². The lowest BCUT2D eigenvalue weighted by Gasteiger charge is -2.03. The van der Waals surface area contributed by atoms with E-state index in [1.165, 1.54) is 4.90 Å². The van der Waals surface area contributed by atoms with Gasteiger partial charge in [0.05, 0.1) is 5.02 Å². The molecule has 0 heterocycles. The summed E-state index contributed by atoms with van der Waals surface area (Å²) in [5.74, 6) is 0. The summed E-state index contributed by atoms with van der Waals surface area (Å²) in [4.78, 5) is 2.27. The molecule has 0 unspecified atom stereocenters. The van der Waals surface area contributed by atoms with Crippen LogP contribution in [0.3, 0.4) is 0 Å². The lowest BCUT2D eigenvalue weighted by Crippen LogP contribution is -1.74. The molecule has 0 aromatic heterocycles. The van der Waals surface area contributed by atoms with E-state index >= 15 is 0 Å². The van der Waals surface area contributed by atoms with Gasteiger partial charge < -0.3 is 0 Å². The summed E-state index contributed by atoms with van der Waals surface area (Å²) >= 11 is 11.2. The fourth-order valence-electron chi connectivity index (χ4n) is 1.16. The minimum Gasteiger partial charge on any atom is -0.0885 e. The molecule has 0 nitrogen and oxygen atoms in total. The number of halogens is 2. The standard InChI is InChI=1S/C12H8BrClS/c13-9-5-7-10(8-6-9)15-12-4-2-1-3-11(12)14/h1-8H. The van der Waals surface area contributed by atoms with Crippen molar-refractivity contribution in [1.82, 2.24) is 0 Å². The molecule has 2 aromatic carbocycles. The Morgan fingerprint density at radius 3 is 2.27 bits per heavy atom. The Bertz CT molecular complexity index is 453. The van der Waals surface area contributed by atoms with Crippen molar-refractivity contribution < 1.29 is 0 Å². The molecule has 0 bridgehead atoms. The van der Waals surface area contributed by atoms with E-state index in [0.29, 0.717) is 0 Å². The van der Waals surface area contributed by atoms with Crippen molar-refractivity contribution in [2.75, 3.05) is 0 Å². The van der Waals surface area contributed by atoms with E-state index in [9.17, 15) is 0 Å². The van der Waals surface area contributed by atoms with Gasteiger partial charge in [-0.1, -0.05) is 51.4 Å². The zero-order valence-corrected chi connectivity index (χ0v) is 10.9. The average Bonchev–Trinajstić information content (AvgIpc) is 2.25. The van der Waals surface area contributed by atoms with Gasteiger partial charge in [0.25, 0.3) is 0 Å². The summed E-state index contributed by atoms with van der Waals surface area (Å²) in [6.45, 7) is 0. The molecule has 0 aliphatic rings. The van der Waals surface area contributed by atoms with Gasteiger partial charge in [-0.15, -0.1) is 0 Å². The van der Waals surface area contributed by atoms with E-state index in [-0.39, 0.29) is 0 Å². The van der Waals surface area contributed by atoms with Crippen molar-refractivity contribution in [3.63, 3.8) is 0 Å². The first-order chi connectivity index (χ1) is 7.25. The van der Waals surface area contributed by atoms with E-state index < -0.39 is 0 Å². The van der Waals surface area contributed by atoms with Crippen molar-refractivity contribution in [3.05, 3.63) is 58.0 Å². The molecule has 0 saturated carbocycles. The zero-order valence-electron chi connectivity index (χ0n) is 7.78. The first-order valence-corrected chi connectivity index (χ1v) is 6.42. The lowest BCUT2D eigenvalue weighted by molar-refractivity contribution is 1.40. The average molecular weight is 300 g/mol. The van der Waals surface area contributed by atoms with E-state index in [0.717, 1.165) is 14.4 Å². The maximum Gasteiger partial charge on any atom is 0.0545 e. The fraction of sp³-hybridized carbons (Fsp3) is 0. The highest BCUT2D eigenvalue weighted by Gasteiger charge is 2.01. The number of hydrogen-bond acceptors (Lipinski definition) is 1. The largest absolute Gasteiger partial charge is 0.0885 e. The Labute approximate surface area is 107 Å². The Hall–Kier alpha value is -0.440. The fourth-order valence-corrected chi connectivity index (χ4v) is 2.51. The molecule has 0 N–H and O–H groups in total. The summed E-state index contributed by atoms with van der Waals surface area (Å²) in [5.41, 5.74) is 0. The predicted octanol–water partition coefficient (Wildman–Crippen LogP) is 5.25. The van der Waals surface area contributed by atoms with Gasteiger partial charge in [-0.25, -0.2) is 0 Å². The summed E-state index contributed by atoms with van der Waals surface area (Å²) in [6.07, 6.45) is 0. The summed E-state index contributed by atoms with van der Waals surface area (Å²) in [7, 11) is 0. The van der Waals surface area contributed by atoms with Crippen LogP contribution in [-0.4, -0.2) is 0 Å². The van der Waals surface area contributed by atoms with Gasteiger partial charge in [0.1, 0.15) is 0 Å². The van der Waals surface area contributed by atoms with E-state index in [2.05, 4.69) is 28.1 Å². The highest BCUT2D eigenvalue weighted by molar-refractivity contribution is 9.10. The minimum atomic E-state index is 0.797. The van der Waals surface area contributed by atoms with Gasteiger partial charge in [-0.2, -0.15) is 0 Å². The van der Waals surface area contributed by atoms with Crippen molar-refractivity contribution >= 4 is 39.3 Å². The van der Waals surface area contributed by atoms with Gasteiger partial charge in [-0.3, -0.25) is 0 Å². The third-order valence-corrected chi connectivity index (χ3v) is 3.93. The quantitative estimate of drug-likeness (QED) is 0.729. The Balaban J connectivity index is 2.22. The third kappa shape index (κ3) is 3.00. The topological polar surface area (TPSA) is 0 Å². The molecule has 0 aliphatic carbocycles. The van der Waals surface area contributed by atoms with Crippen LogP contribution in [0.1, 0.15) is 0 Å². The molecular formula is C12H8BrClS. The third-order valence-electron chi connectivity index (χ3n) is 1.88. The molecule has 0 amide bonds. The predicted molar refractivity (Wildman–Crippen MR) is 69.7 cm³/mol. The lowest BCUT2D eigenvalue weighted by atomic mass is 10.4. The maximum absolute atomic E-state index is 6.08. The SMILES string of the molecule is Clc1ccccc1Sc1ccc(Br)cc1. The van der Waals surface area contributed by atoms with Crippen LogP contribution in [0, 0.1) is 0 Å². The van der Waals surface area contributed by atoms with Gasteiger partial charge in [0.15, 0.2) is 0 Å². The molecule has 0 saturated heterocycles. The maximum atomic E-state index is 6.08. The van der Waals surface area contributed by atoms with Crippen molar-refractivity contribution in [1.29, 1.82) is 0 Å². The van der Waals surface area contributed by atoms with Crippen molar-refractivity contribution in [2.24, 2.45) is 0 Å². The van der Waals surface area contributed by atoms with Crippen LogP contribution in [0.4, 0.5) is 0 Å². The van der Waals surface area contributed by atoms with Crippen molar-refractivity contribution in [3.8, 4) is 0 Å². The number of rotatable bonds is 2.